The third-order valence-corrected chi connectivity index (χ3v) is 4.07. The van der Waals surface area contributed by atoms with Crippen LogP contribution in [0.3, 0.4) is 0 Å². The van der Waals surface area contributed by atoms with Crippen LogP contribution in [0, 0.1) is 5.92 Å². The smallest absolute Gasteiger partial charge is 0.0587 e. The molecular formula is C17H28N2O. The van der Waals surface area contributed by atoms with Crippen LogP contribution in [0.4, 0.5) is 0 Å². The van der Waals surface area contributed by atoms with E-state index < -0.39 is 0 Å². The predicted octanol–water partition coefficient (Wildman–Crippen LogP) is 2.01. The Kier molecular flexibility index (Phi) is 7.06. The zero-order chi connectivity index (χ0) is 14.0. The molecule has 3 heteroatoms. The zero-order valence-corrected chi connectivity index (χ0v) is 12.7. The highest BCUT2D eigenvalue weighted by molar-refractivity contribution is 5.29. The van der Waals surface area contributed by atoms with Gasteiger partial charge in [0.1, 0.15) is 0 Å². The summed E-state index contributed by atoms with van der Waals surface area (Å²) >= 11 is 0. The Morgan fingerprint density at radius 3 is 2.75 bits per heavy atom. The van der Waals surface area contributed by atoms with Gasteiger partial charge in [-0.05, 0) is 62.4 Å². The standard InChI is InChI=1S/C17H28N2O/c1-20-12-11-18-9-4-10-19-14-15-7-8-16-5-2-3-6-17(16)13-15/h2-3,5-6,15,18-19H,4,7-14H2,1H3. The molecule has 2 N–H and O–H groups in total. The van der Waals surface area contributed by atoms with Crippen molar-refractivity contribution in [1.29, 1.82) is 0 Å². The maximum absolute atomic E-state index is 5.00. The fourth-order valence-corrected chi connectivity index (χ4v) is 2.89. The third kappa shape index (κ3) is 5.23. The molecule has 20 heavy (non-hydrogen) atoms. The second-order valence-corrected chi connectivity index (χ2v) is 5.68. The second-order valence-electron chi connectivity index (χ2n) is 5.68. The summed E-state index contributed by atoms with van der Waals surface area (Å²) in [6, 6.07) is 8.90. The number of hydrogen-bond acceptors (Lipinski definition) is 3. The van der Waals surface area contributed by atoms with Crippen LogP contribution in [0.1, 0.15) is 24.0 Å². The number of fused-ring (bicyclic) bond motifs is 1. The lowest BCUT2D eigenvalue weighted by Crippen LogP contribution is -2.30. The van der Waals surface area contributed by atoms with E-state index in [9.17, 15) is 0 Å². The summed E-state index contributed by atoms with van der Waals surface area (Å²) in [6.45, 7) is 5.10. The van der Waals surface area contributed by atoms with Crippen LogP contribution < -0.4 is 10.6 Å². The molecule has 0 saturated carbocycles. The van der Waals surface area contributed by atoms with E-state index in [-0.39, 0.29) is 0 Å². The lowest BCUT2D eigenvalue weighted by Gasteiger charge is -2.24. The fraction of sp³-hybridized carbons (Fsp3) is 0.647. The maximum Gasteiger partial charge on any atom is 0.0587 e. The van der Waals surface area contributed by atoms with Gasteiger partial charge >= 0.3 is 0 Å². The molecule has 112 valence electrons. The van der Waals surface area contributed by atoms with Crippen molar-refractivity contribution in [2.24, 2.45) is 5.92 Å². The van der Waals surface area contributed by atoms with Crippen molar-refractivity contribution >= 4 is 0 Å². The molecule has 0 fully saturated rings. The van der Waals surface area contributed by atoms with Gasteiger partial charge in [0.25, 0.3) is 0 Å². The van der Waals surface area contributed by atoms with Crippen molar-refractivity contribution in [2.75, 3.05) is 39.9 Å². The van der Waals surface area contributed by atoms with Gasteiger partial charge in [0.2, 0.25) is 0 Å². The molecule has 0 bridgehead atoms. The van der Waals surface area contributed by atoms with Gasteiger partial charge in [0.05, 0.1) is 6.61 Å². The van der Waals surface area contributed by atoms with Gasteiger partial charge in [-0.2, -0.15) is 0 Å². The van der Waals surface area contributed by atoms with Crippen LogP contribution >= 0.6 is 0 Å². The Labute approximate surface area is 123 Å². The minimum Gasteiger partial charge on any atom is -0.383 e. The molecule has 1 aromatic carbocycles. The fourth-order valence-electron chi connectivity index (χ4n) is 2.89. The lowest BCUT2D eigenvalue weighted by atomic mass is 9.84. The average molecular weight is 276 g/mol. The van der Waals surface area contributed by atoms with Gasteiger partial charge < -0.3 is 15.4 Å². The van der Waals surface area contributed by atoms with E-state index in [0.717, 1.165) is 38.7 Å². The monoisotopic (exact) mass is 276 g/mol. The second kappa shape index (κ2) is 9.11. The molecule has 1 unspecified atom stereocenters. The molecule has 0 heterocycles. The first-order valence-corrected chi connectivity index (χ1v) is 7.87. The van der Waals surface area contributed by atoms with E-state index in [1.54, 1.807) is 18.2 Å². The van der Waals surface area contributed by atoms with Gasteiger partial charge in [-0.1, -0.05) is 24.3 Å². The maximum atomic E-state index is 5.00. The van der Waals surface area contributed by atoms with Crippen molar-refractivity contribution in [1.82, 2.24) is 10.6 Å². The number of ether oxygens (including phenoxy) is 1. The highest BCUT2D eigenvalue weighted by atomic mass is 16.5. The van der Waals surface area contributed by atoms with E-state index in [2.05, 4.69) is 34.9 Å². The molecule has 0 aromatic heterocycles. The van der Waals surface area contributed by atoms with Gasteiger partial charge in [0, 0.05) is 13.7 Å². The minimum absolute atomic E-state index is 0.801. The summed E-state index contributed by atoms with van der Waals surface area (Å²) in [7, 11) is 1.74. The van der Waals surface area contributed by atoms with E-state index in [0.29, 0.717) is 0 Å². The molecule has 0 saturated heterocycles. The van der Waals surface area contributed by atoms with E-state index in [1.807, 2.05) is 0 Å². The Bertz CT molecular complexity index is 381. The first-order chi connectivity index (χ1) is 9.90. The molecule has 1 atom stereocenters. The summed E-state index contributed by atoms with van der Waals surface area (Å²) in [6.07, 6.45) is 5.01. The lowest BCUT2D eigenvalue weighted by molar-refractivity contribution is 0.199. The quantitative estimate of drug-likeness (QED) is 0.677. The topological polar surface area (TPSA) is 33.3 Å². The van der Waals surface area contributed by atoms with Gasteiger partial charge in [-0.25, -0.2) is 0 Å². The number of nitrogens with one attached hydrogen (secondary N) is 2. The van der Waals surface area contributed by atoms with Crippen LogP contribution in [0.2, 0.25) is 0 Å². The third-order valence-electron chi connectivity index (χ3n) is 4.07. The van der Waals surface area contributed by atoms with Crippen molar-refractivity contribution in [2.45, 2.75) is 25.7 Å². The van der Waals surface area contributed by atoms with Crippen LogP contribution in [0.15, 0.2) is 24.3 Å². The van der Waals surface area contributed by atoms with Crippen LogP contribution in [-0.4, -0.2) is 39.9 Å². The molecule has 0 aliphatic heterocycles. The summed E-state index contributed by atoms with van der Waals surface area (Å²) < 4.78 is 5.00. The molecule has 2 rings (SSSR count). The number of hydrogen-bond donors (Lipinski definition) is 2. The Morgan fingerprint density at radius 2 is 1.90 bits per heavy atom. The van der Waals surface area contributed by atoms with E-state index in [1.165, 1.54) is 25.7 Å². The highest BCUT2D eigenvalue weighted by Crippen LogP contribution is 2.24. The van der Waals surface area contributed by atoms with Crippen molar-refractivity contribution in [3.8, 4) is 0 Å². The highest BCUT2D eigenvalue weighted by Gasteiger charge is 2.17. The van der Waals surface area contributed by atoms with E-state index in [4.69, 9.17) is 4.74 Å². The number of aryl methyl sites for hydroxylation is 1. The summed E-state index contributed by atoms with van der Waals surface area (Å²) in [4.78, 5) is 0. The molecule has 1 aromatic rings. The first kappa shape index (κ1) is 15.5. The predicted molar refractivity (Wildman–Crippen MR) is 84.2 cm³/mol. The Hall–Kier alpha value is -0.900. The van der Waals surface area contributed by atoms with E-state index >= 15 is 0 Å². The SMILES string of the molecule is COCCNCCCNCC1CCc2ccccc2C1. The number of rotatable bonds is 9. The van der Waals surface area contributed by atoms with Crippen molar-refractivity contribution in [3.05, 3.63) is 35.4 Å². The zero-order valence-electron chi connectivity index (χ0n) is 12.7. The van der Waals surface area contributed by atoms with Gasteiger partial charge in [-0.15, -0.1) is 0 Å². The number of benzene rings is 1. The summed E-state index contributed by atoms with van der Waals surface area (Å²) in [5, 5.41) is 6.98. The average Bonchev–Trinajstić information content (AvgIpc) is 2.50. The van der Waals surface area contributed by atoms with Crippen molar-refractivity contribution in [3.63, 3.8) is 0 Å². The summed E-state index contributed by atoms with van der Waals surface area (Å²) in [5.74, 6) is 0.811. The molecule has 3 nitrogen and oxygen atoms in total. The van der Waals surface area contributed by atoms with Crippen LogP contribution in [-0.2, 0) is 17.6 Å². The summed E-state index contributed by atoms with van der Waals surface area (Å²) in [5.41, 5.74) is 3.12. The van der Waals surface area contributed by atoms with Gasteiger partial charge in [-0.3, -0.25) is 0 Å². The van der Waals surface area contributed by atoms with Crippen LogP contribution in [0.25, 0.3) is 0 Å². The largest absolute Gasteiger partial charge is 0.383 e. The molecule has 0 amide bonds. The normalized spacial score (nSPS) is 17.9. The molecular weight excluding hydrogens is 248 g/mol. The Balaban J connectivity index is 1.53. The van der Waals surface area contributed by atoms with Crippen LogP contribution in [0.5, 0.6) is 0 Å². The number of methoxy groups -OCH3 is 1. The Morgan fingerprint density at radius 1 is 1.10 bits per heavy atom. The minimum atomic E-state index is 0.801. The molecule has 1 aliphatic carbocycles. The molecule has 0 radical (unpaired) electrons. The van der Waals surface area contributed by atoms with Crippen molar-refractivity contribution < 1.29 is 4.74 Å². The van der Waals surface area contributed by atoms with Gasteiger partial charge in [0.15, 0.2) is 0 Å². The molecule has 0 spiro atoms. The molecule has 1 aliphatic rings. The first-order valence-electron chi connectivity index (χ1n) is 7.87.